The van der Waals surface area contributed by atoms with E-state index in [1.165, 1.54) is 4.68 Å². The van der Waals surface area contributed by atoms with Gasteiger partial charge in [0.25, 0.3) is 11.5 Å². The molecule has 0 bridgehead atoms. The first-order valence-corrected chi connectivity index (χ1v) is 9.33. The summed E-state index contributed by atoms with van der Waals surface area (Å²) < 4.78 is 1.38. The third-order valence-electron chi connectivity index (χ3n) is 4.74. The minimum atomic E-state index is -0.206. The van der Waals surface area contributed by atoms with Gasteiger partial charge < -0.3 is 9.80 Å². The topological polar surface area (TPSA) is 58.4 Å². The predicted octanol–water partition coefficient (Wildman–Crippen LogP) is 3.32. The zero-order valence-corrected chi connectivity index (χ0v) is 17.0. The molecule has 28 heavy (non-hydrogen) atoms. The maximum absolute atomic E-state index is 13.2. The van der Waals surface area contributed by atoms with Gasteiger partial charge in [0.15, 0.2) is 5.69 Å². The van der Waals surface area contributed by atoms with Gasteiger partial charge in [-0.25, -0.2) is 4.68 Å². The van der Waals surface area contributed by atoms with Crippen molar-refractivity contribution in [1.29, 1.82) is 0 Å². The quantitative estimate of drug-likeness (QED) is 0.683. The third kappa shape index (κ3) is 3.76. The van der Waals surface area contributed by atoms with E-state index < -0.39 is 0 Å². The van der Waals surface area contributed by atoms with Crippen LogP contribution in [0, 0.1) is 0 Å². The molecule has 6 nitrogen and oxygen atoms in total. The van der Waals surface area contributed by atoms with Gasteiger partial charge in [-0.2, -0.15) is 5.10 Å². The Balaban J connectivity index is 1.96. The largest absolute Gasteiger partial charge is 0.378 e. The molecule has 0 unspecified atom stereocenters. The molecule has 1 heterocycles. The van der Waals surface area contributed by atoms with Gasteiger partial charge in [0.1, 0.15) is 0 Å². The van der Waals surface area contributed by atoms with E-state index in [1.54, 1.807) is 30.1 Å². The zero-order valence-electron chi connectivity index (χ0n) is 17.0. The third-order valence-corrected chi connectivity index (χ3v) is 4.74. The van der Waals surface area contributed by atoms with Crippen molar-refractivity contribution in [1.82, 2.24) is 14.7 Å². The average Bonchev–Trinajstić information content (AvgIpc) is 2.68. The molecular weight excluding hydrogens is 352 g/mol. The average molecular weight is 378 g/mol. The van der Waals surface area contributed by atoms with Crippen molar-refractivity contribution < 1.29 is 4.79 Å². The molecule has 0 radical (unpaired) electrons. The molecule has 146 valence electrons. The van der Waals surface area contributed by atoms with E-state index in [1.807, 2.05) is 63.2 Å². The molecule has 0 spiro atoms. The van der Waals surface area contributed by atoms with Crippen molar-refractivity contribution in [2.24, 2.45) is 0 Å². The van der Waals surface area contributed by atoms with Gasteiger partial charge >= 0.3 is 0 Å². The smallest absolute Gasteiger partial charge is 0.274 e. The van der Waals surface area contributed by atoms with E-state index in [4.69, 9.17) is 0 Å². The van der Waals surface area contributed by atoms with Gasteiger partial charge in [-0.05, 0) is 37.6 Å². The second kappa shape index (κ2) is 7.84. The number of aromatic nitrogens is 2. The van der Waals surface area contributed by atoms with Crippen molar-refractivity contribution in [2.75, 3.05) is 26.0 Å². The standard InChI is InChI=1S/C22H26N4O2/c1-15(2)26-21(27)19-9-7-6-8-18(19)20(23-26)22(28)25(5)14-16-10-12-17(13-11-16)24(3)4/h6-13,15H,14H2,1-5H3. The number of rotatable bonds is 5. The molecule has 1 aromatic heterocycles. The highest BCUT2D eigenvalue weighted by Crippen LogP contribution is 2.18. The van der Waals surface area contributed by atoms with Gasteiger partial charge in [-0.3, -0.25) is 9.59 Å². The van der Waals surface area contributed by atoms with Crippen LogP contribution >= 0.6 is 0 Å². The van der Waals surface area contributed by atoms with Crippen molar-refractivity contribution in [3.05, 3.63) is 70.1 Å². The molecule has 3 aromatic rings. The number of hydrogen-bond donors (Lipinski definition) is 0. The highest BCUT2D eigenvalue weighted by molar-refractivity contribution is 6.04. The summed E-state index contributed by atoms with van der Waals surface area (Å²) in [5.41, 5.74) is 2.26. The fourth-order valence-electron chi connectivity index (χ4n) is 3.14. The van der Waals surface area contributed by atoms with Crippen LogP contribution in [0.5, 0.6) is 0 Å². The molecule has 0 N–H and O–H groups in total. The normalized spacial score (nSPS) is 11.1. The number of benzene rings is 2. The first-order valence-electron chi connectivity index (χ1n) is 9.33. The summed E-state index contributed by atoms with van der Waals surface area (Å²) in [7, 11) is 5.74. The van der Waals surface area contributed by atoms with Crippen LogP contribution in [0.3, 0.4) is 0 Å². The van der Waals surface area contributed by atoms with E-state index in [-0.39, 0.29) is 17.5 Å². The summed E-state index contributed by atoms with van der Waals surface area (Å²) in [5.74, 6) is -0.206. The Kier molecular flexibility index (Phi) is 5.49. The maximum Gasteiger partial charge on any atom is 0.274 e. The summed E-state index contributed by atoms with van der Waals surface area (Å²) in [6, 6.07) is 15.1. The Labute approximate surface area is 165 Å². The number of anilines is 1. The summed E-state index contributed by atoms with van der Waals surface area (Å²) >= 11 is 0. The SMILES string of the molecule is CC(C)n1nc(C(=O)N(C)Cc2ccc(N(C)C)cc2)c2ccccc2c1=O. The van der Waals surface area contributed by atoms with Gasteiger partial charge in [0.05, 0.1) is 11.4 Å². The first kappa shape index (κ1) is 19.6. The molecule has 2 aromatic carbocycles. The second-order valence-electron chi connectivity index (χ2n) is 7.46. The number of carbonyl (C=O) groups is 1. The molecular formula is C22H26N4O2. The molecule has 0 atom stereocenters. The Bertz CT molecular complexity index is 1050. The molecule has 0 aliphatic carbocycles. The lowest BCUT2D eigenvalue weighted by Gasteiger charge is -2.20. The molecule has 6 heteroatoms. The summed E-state index contributed by atoms with van der Waals surface area (Å²) in [4.78, 5) is 29.5. The van der Waals surface area contributed by atoms with E-state index >= 15 is 0 Å². The molecule has 1 amide bonds. The second-order valence-corrected chi connectivity index (χ2v) is 7.46. The fraction of sp³-hybridized carbons (Fsp3) is 0.318. The van der Waals surface area contributed by atoms with Crippen LogP contribution in [0.2, 0.25) is 0 Å². The number of amides is 1. The van der Waals surface area contributed by atoms with Crippen LogP contribution in [0.25, 0.3) is 10.8 Å². The van der Waals surface area contributed by atoms with E-state index in [0.717, 1.165) is 11.3 Å². The predicted molar refractivity (Wildman–Crippen MR) is 113 cm³/mol. The number of nitrogens with zero attached hydrogens (tertiary/aromatic N) is 4. The first-order chi connectivity index (χ1) is 13.3. The Morgan fingerprint density at radius 3 is 2.18 bits per heavy atom. The maximum atomic E-state index is 13.2. The van der Waals surface area contributed by atoms with Crippen molar-refractivity contribution in [3.8, 4) is 0 Å². The highest BCUT2D eigenvalue weighted by Gasteiger charge is 2.20. The van der Waals surface area contributed by atoms with Gasteiger partial charge in [0.2, 0.25) is 0 Å². The van der Waals surface area contributed by atoms with Gasteiger partial charge in [0, 0.05) is 38.8 Å². The van der Waals surface area contributed by atoms with Crippen LogP contribution < -0.4 is 10.5 Å². The Morgan fingerprint density at radius 1 is 1.00 bits per heavy atom. The van der Waals surface area contributed by atoms with Crippen LogP contribution in [0.15, 0.2) is 53.3 Å². The lowest BCUT2D eigenvalue weighted by Crippen LogP contribution is -2.32. The molecule has 0 saturated heterocycles. The molecule has 0 saturated carbocycles. The number of fused-ring (bicyclic) bond motifs is 1. The Hall–Kier alpha value is -3.15. The van der Waals surface area contributed by atoms with Crippen LogP contribution in [0.4, 0.5) is 5.69 Å². The van der Waals surface area contributed by atoms with Gasteiger partial charge in [-0.1, -0.05) is 30.3 Å². The Morgan fingerprint density at radius 2 is 1.61 bits per heavy atom. The van der Waals surface area contributed by atoms with E-state index in [2.05, 4.69) is 5.10 Å². The van der Waals surface area contributed by atoms with Gasteiger partial charge in [-0.15, -0.1) is 0 Å². The van der Waals surface area contributed by atoms with Crippen molar-refractivity contribution in [3.63, 3.8) is 0 Å². The lowest BCUT2D eigenvalue weighted by atomic mass is 10.1. The minimum Gasteiger partial charge on any atom is -0.378 e. The van der Waals surface area contributed by atoms with E-state index in [0.29, 0.717) is 23.0 Å². The van der Waals surface area contributed by atoms with Crippen LogP contribution in [-0.2, 0) is 6.54 Å². The molecule has 0 fully saturated rings. The monoisotopic (exact) mass is 378 g/mol. The number of carbonyl (C=O) groups excluding carboxylic acids is 1. The molecule has 0 aliphatic rings. The zero-order chi connectivity index (χ0) is 20.4. The fourth-order valence-corrected chi connectivity index (χ4v) is 3.14. The summed E-state index contributed by atoms with van der Waals surface area (Å²) in [6.45, 7) is 4.23. The van der Waals surface area contributed by atoms with Crippen LogP contribution in [0.1, 0.15) is 35.9 Å². The van der Waals surface area contributed by atoms with E-state index in [9.17, 15) is 9.59 Å². The molecule has 0 aliphatic heterocycles. The number of hydrogen-bond acceptors (Lipinski definition) is 4. The summed E-state index contributed by atoms with van der Waals surface area (Å²) in [5, 5.41) is 5.51. The minimum absolute atomic E-state index is 0.132. The van der Waals surface area contributed by atoms with Crippen molar-refractivity contribution in [2.45, 2.75) is 26.4 Å². The molecule has 3 rings (SSSR count). The van der Waals surface area contributed by atoms with Crippen LogP contribution in [-0.4, -0.2) is 41.7 Å². The summed E-state index contributed by atoms with van der Waals surface area (Å²) in [6.07, 6.45) is 0. The lowest BCUT2D eigenvalue weighted by molar-refractivity contribution is 0.0778. The highest BCUT2D eigenvalue weighted by atomic mass is 16.2. The van der Waals surface area contributed by atoms with Crippen molar-refractivity contribution >= 4 is 22.4 Å².